The van der Waals surface area contributed by atoms with Gasteiger partial charge in [0.05, 0.1) is 0 Å². The molecule has 0 saturated carbocycles. The van der Waals surface area contributed by atoms with Crippen molar-refractivity contribution in [3.05, 3.63) is 0 Å². The van der Waals surface area contributed by atoms with E-state index in [0.29, 0.717) is 19.3 Å². The lowest BCUT2D eigenvalue weighted by Crippen LogP contribution is -2.30. The Balaban J connectivity index is 4.33. The first-order valence-corrected chi connectivity index (χ1v) is 19.2. The highest BCUT2D eigenvalue weighted by molar-refractivity contribution is 5.71. The normalized spacial score (nSPS) is 12.1. The summed E-state index contributed by atoms with van der Waals surface area (Å²) >= 11 is 0. The topological polar surface area (TPSA) is 78.9 Å². The van der Waals surface area contributed by atoms with Gasteiger partial charge in [-0.2, -0.15) is 0 Å². The summed E-state index contributed by atoms with van der Waals surface area (Å²) < 4.78 is 16.5. The molecular weight excluding hydrogens is 564 g/mol. The number of esters is 3. The van der Waals surface area contributed by atoms with Crippen LogP contribution in [0.15, 0.2) is 0 Å². The lowest BCUT2D eigenvalue weighted by molar-refractivity contribution is -0.167. The van der Waals surface area contributed by atoms with Gasteiger partial charge in [0.25, 0.3) is 0 Å². The monoisotopic (exact) mass is 639 g/mol. The second-order valence-corrected chi connectivity index (χ2v) is 14.2. The number of ether oxygens (including phenoxy) is 3. The molecular formula is C39H74O6. The second kappa shape index (κ2) is 32.4. The minimum Gasteiger partial charge on any atom is -0.462 e. The summed E-state index contributed by atoms with van der Waals surface area (Å²) in [6.07, 6.45) is 26.9. The maximum Gasteiger partial charge on any atom is 0.306 e. The number of unbranched alkanes of at least 4 members (excludes halogenated alkanes) is 18. The molecule has 6 heteroatoms. The Bertz CT molecular complexity index is 689. The standard InChI is InChI=1S/C39H74O6/c1-6-7-8-9-12-21-26-31-39(42)45-36(33-44-38(41)30-25-20-16-15-18-23-28-35(4)5)32-43-37(40)29-24-19-14-11-10-13-17-22-27-34(2)3/h34-36H,6-33H2,1-5H3/t36-/m0/s1. The van der Waals surface area contributed by atoms with E-state index in [1.807, 2.05) is 0 Å². The van der Waals surface area contributed by atoms with Crippen molar-refractivity contribution in [3.63, 3.8) is 0 Å². The molecule has 0 bridgehead atoms. The summed E-state index contributed by atoms with van der Waals surface area (Å²) in [5.74, 6) is 0.680. The van der Waals surface area contributed by atoms with Gasteiger partial charge in [-0.25, -0.2) is 0 Å². The quantitative estimate of drug-likeness (QED) is 0.0404. The van der Waals surface area contributed by atoms with Crippen molar-refractivity contribution in [2.75, 3.05) is 13.2 Å². The third kappa shape index (κ3) is 33.6. The van der Waals surface area contributed by atoms with Crippen LogP contribution < -0.4 is 0 Å². The van der Waals surface area contributed by atoms with Gasteiger partial charge in [0, 0.05) is 19.3 Å². The predicted octanol–water partition coefficient (Wildman–Crippen LogP) is 11.5. The number of hydrogen-bond acceptors (Lipinski definition) is 6. The fourth-order valence-corrected chi connectivity index (χ4v) is 5.52. The van der Waals surface area contributed by atoms with Crippen LogP contribution in [0.2, 0.25) is 0 Å². The maximum atomic E-state index is 12.5. The van der Waals surface area contributed by atoms with Crippen LogP contribution in [0.5, 0.6) is 0 Å². The van der Waals surface area contributed by atoms with Crippen molar-refractivity contribution in [2.24, 2.45) is 11.8 Å². The number of hydrogen-bond donors (Lipinski definition) is 0. The van der Waals surface area contributed by atoms with Crippen molar-refractivity contribution >= 4 is 17.9 Å². The molecule has 0 N–H and O–H groups in total. The van der Waals surface area contributed by atoms with E-state index in [1.165, 1.54) is 89.9 Å². The number of carbonyl (C=O) groups excluding carboxylic acids is 3. The highest BCUT2D eigenvalue weighted by atomic mass is 16.6. The van der Waals surface area contributed by atoms with Crippen molar-refractivity contribution in [3.8, 4) is 0 Å². The smallest absolute Gasteiger partial charge is 0.306 e. The van der Waals surface area contributed by atoms with Crippen LogP contribution in [0.3, 0.4) is 0 Å². The molecule has 0 aliphatic rings. The molecule has 0 aromatic carbocycles. The second-order valence-electron chi connectivity index (χ2n) is 14.2. The first-order valence-electron chi connectivity index (χ1n) is 19.2. The molecule has 45 heavy (non-hydrogen) atoms. The molecule has 0 heterocycles. The Morgan fingerprint density at radius 3 is 1.09 bits per heavy atom. The molecule has 0 unspecified atom stereocenters. The Morgan fingerprint density at radius 2 is 0.733 bits per heavy atom. The van der Waals surface area contributed by atoms with Gasteiger partial charge >= 0.3 is 17.9 Å². The van der Waals surface area contributed by atoms with Gasteiger partial charge in [0.2, 0.25) is 0 Å². The Labute approximate surface area is 278 Å². The summed E-state index contributed by atoms with van der Waals surface area (Å²) in [5, 5.41) is 0. The summed E-state index contributed by atoms with van der Waals surface area (Å²) in [6.45, 7) is 11.2. The van der Waals surface area contributed by atoms with Crippen LogP contribution in [0.1, 0.15) is 202 Å². The van der Waals surface area contributed by atoms with Crippen LogP contribution in [-0.4, -0.2) is 37.2 Å². The van der Waals surface area contributed by atoms with Crippen LogP contribution in [0.4, 0.5) is 0 Å². The third-order valence-electron chi connectivity index (χ3n) is 8.47. The molecule has 1 atom stereocenters. The van der Waals surface area contributed by atoms with Gasteiger partial charge in [-0.15, -0.1) is 0 Å². The lowest BCUT2D eigenvalue weighted by Gasteiger charge is -2.18. The van der Waals surface area contributed by atoms with Crippen LogP contribution in [-0.2, 0) is 28.6 Å². The van der Waals surface area contributed by atoms with E-state index in [0.717, 1.165) is 69.6 Å². The number of carbonyl (C=O) groups is 3. The van der Waals surface area contributed by atoms with E-state index < -0.39 is 6.10 Å². The first-order chi connectivity index (χ1) is 21.7. The molecule has 6 nitrogen and oxygen atoms in total. The van der Waals surface area contributed by atoms with Crippen molar-refractivity contribution in [2.45, 2.75) is 208 Å². The van der Waals surface area contributed by atoms with E-state index in [-0.39, 0.29) is 31.1 Å². The average molecular weight is 639 g/mol. The van der Waals surface area contributed by atoms with E-state index >= 15 is 0 Å². The predicted molar refractivity (Wildman–Crippen MR) is 187 cm³/mol. The molecule has 0 spiro atoms. The summed E-state index contributed by atoms with van der Waals surface area (Å²) in [7, 11) is 0. The highest BCUT2D eigenvalue weighted by Crippen LogP contribution is 2.15. The molecule has 0 fully saturated rings. The Morgan fingerprint density at radius 1 is 0.422 bits per heavy atom. The Hall–Kier alpha value is -1.59. The molecule has 0 rings (SSSR count). The zero-order chi connectivity index (χ0) is 33.4. The van der Waals surface area contributed by atoms with E-state index in [1.54, 1.807) is 0 Å². The van der Waals surface area contributed by atoms with Gasteiger partial charge in [-0.1, -0.05) is 163 Å². The third-order valence-corrected chi connectivity index (χ3v) is 8.47. The molecule has 0 saturated heterocycles. The van der Waals surface area contributed by atoms with Gasteiger partial charge < -0.3 is 14.2 Å². The van der Waals surface area contributed by atoms with E-state index in [2.05, 4.69) is 34.6 Å². The summed E-state index contributed by atoms with van der Waals surface area (Å²) in [4.78, 5) is 37.3. The fourth-order valence-electron chi connectivity index (χ4n) is 5.52. The van der Waals surface area contributed by atoms with Crippen LogP contribution >= 0.6 is 0 Å². The molecule has 0 amide bonds. The van der Waals surface area contributed by atoms with Gasteiger partial charge in [-0.05, 0) is 31.1 Å². The molecule has 0 aliphatic carbocycles. The lowest BCUT2D eigenvalue weighted by atomic mass is 10.0. The summed E-state index contributed by atoms with van der Waals surface area (Å²) in [6, 6.07) is 0. The zero-order valence-electron chi connectivity index (χ0n) is 30.5. The first kappa shape index (κ1) is 43.4. The Kier molecular flexibility index (Phi) is 31.2. The molecule has 266 valence electrons. The van der Waals surface area contributed by atoms with Gasteiger partial charge in [-0.3, -0.25) is 14.4 Å². The molecule has 0 aliphatic heterocycles. The largest absolute Gasteiger partial charge is 0.462 e. The van der Waals surface area contributed by atoms with Crippen LogP contribution in [0.25, 0.3) is 0 Å². The highest BCUT2D eigenvalue weighted by Gasteiger charge is 2.19. The van der Waals surface area contributed by atoms with E-state index in [4.69, 9.17) is 14.2 Å². The minimum atomic E-state index is -0.758. The van der Waals surface area contributed by atoms with Gasteiger partial charge in [0.1, 0.15) is 13.2 Å². The van der Waals surface area contributed by atoms with Gasteiger partial charge in [0.15, 0.2) is 6.10 Å². The van der Waals surface area contributed by atoms with Crippen molar-refractivity contribution in [1.29, 1.82) is 0 Å². The minimum absolute atomic E-state index is 0.0678. The van der Waals surface area contributed by atoms with Crippen LogP contribution in [0, 0.1) is 11.8 Å². The maximum absolute atomic E-state index is 12.5. The molecule has 0 radical (unpaired) electrons. The van der Waals surface area contributed by atoms with Crippen molar-refractivity contribution < 1.29 is 28.6 Å². The van der Waals surface area contributed by atoms with E-state index in [9.17, 15) is 14.4 Å². The SMILES string of the molecule is CCCCCCCCCC(=O)O[C@@H](COC(=O)CCCCCCCCCCC(C)C)COC(=O)CCCCCCCCC(C)C. The average Bonchev–Trinajstić information content (AvgIpc) is 2.99. The fraction of sp³-hybridized carbons (Fsp3) is 0.923. The van der Waals surface area contributed by atoms with Crippen molar-refractivity contribution in [1.82, 2.24) is 0 Å². The molecule has 0 aromatic heterocycles. The molecule has 0 aromatic rings. The zero-order valence-corrected chi connectivity index (χ0v) is 30.5. The number of rotatable bonds is 33. The summed E-state index contributed by atoms with van der Waals surface area (Å²) in [5.41, 5.74) is 0.